The molecule has 7 nitrogen and oxygen atoms in total. The summed E-state index contributed by atoms with van der Waals surface area (Å²) < 4.78 is 26.9. The summed E-state index contributed by atoms with van der Waals surface area (Å²) in [7, 11) is 2.96. The number of rotatable bonds is 14. The third-order valence-electron chi connectivity index (χ3n) is 7.50. The van der Waals surface area contributed by atoms with Crippen LogP contribution in [0.25, 0.3) is 0 Å². The molecule has 3 atom stereocenters. The Morgan fingerprint density at radius 3 is 1.52 bits per heavy atom. The number of esters is 1. The van der Waals surface area contributed by atoms with Crippen molar-refractivity contribution < 1.29 is 33.4 Å². The van der Waals surface area contributed by atoms with Crippen LogP contribution in [0.15, 0.2) is 170 Å². The van der Waals surface area contributed by atoms with Crippen molar-refractivity contribution in [2.45, 2.75) is 32.7 Å². The minimum absolute atomic E-state index is 0.231. The normalized spacial score (nSPS) is 11.4. The number of aliphatic hydroxyl groups is 1. The molecular weight excluding hydrogens is 714 g/mol. The Morgan fingerprint density at radius 1 is 0.611 bits per heavy atom. The highest BCUT2D eigenvalue weighted by molar-refractivity contribution is 7.79. The number of para-hydroxylation sites is 1. The molecule has 0 aliphatic heterocycles. The summed E-state index contributed by atoms with van der Waals surface area (Å²) in [6.07, 6.45) is -0.576. The lowest BCUT2D eigenvalue weighted by Gasteiger charge is -2.18. The van der Waals surface area contributed by atoms with Crippen LogP contribution in [0.3, 0.4) is 0 Å². The molecule has 0 fully saturated rings. The quantitative estimate of drug-likeness (QED) is 0.0881. The summed E-state index contributed by atoms with van der Waals surface area (Å²) in [6.45, 7) is 4.72. The summed E-state index contributed by atoms with van der Waals surface area (Å²) in [5.41, 5.74) is 1.40. The summed E-state index contributed by atoms with van der Waals surface area (Å²) in [5.74, 6) is 1.37. The molecule has 6 aromatic carbocycles. The van der Waals surface area contributed by atoms with Gasteiger partial charge in [-0.2, -0.15) is 0 Å². The van der Waals surface area contributed by atoms with E-state index in [1.165, 1.54) is 23.0 Å². The first kappa shape index (κ1) is 41.7. The van der Waals surface area contributed by atoms with E-state index < -0.39 is 13.9 Å². The van der Waals surface area contributed by atoms with Gasteiger partial charge in [0.05, 0.1) is 25.4 Å². The molecule has 0 spiro atoms. The average molecular weight is 763 g/mol. The zero-order chi connectivity index (χ0) is 38.4. The zero-order valence-corrected chi connectivity index (χ0v) is 32.9. The number of hydrogen-bond acceptors (Lipinski definition) is 7. The molecule has 54 heavy (non-hydrogen) atoms. The van der Waals surface area contributed by atoms with Crippen molar-refractivity contribution in [2.24, 2.45) is 0 Å². The minimum atomic E-state index is -0.451. The van der Waals surface area contributed by atoms with Gasteiger partial charge < -0.3 is 28.6 Å². The summed E-state index contributed by atoms with van der Waals surface area (Å²) in [6, 6.07) is 56.7. The van der Waals surface area contributed by atoms with E-state index in [-0.39, 0.29) is 12.2 Å². The molecule has 9 heteroatoms. The maximum atomic E-state index is 12.0. The highest BCUT2D eigenvalue weighted by Gasteiger charge is 2.16. The van der Waals surface area contributed by atoms with Crippen molar-refractivity contribution in [2.75, 3.05) is 20.3 Å². The van der Waals surface area contributed by atoms with Crippen LogP contribution in [0.2, 0.25) is 0 Å². The third-order valence-corrected chi connectivity index (χ3v) is 10.1. The lowest BCUT2D eigenvalue weighted by molar-refractivity contribution is 0.0599. The first-order chi connectivity index (χ1) is 26.4. The van der Waals surface area contributed by atoms with Crippen LogP contribution in [0.4, 0.5) is 0 Å². The van der Waals surface area contributed by atoms with Gasteiger partial charge in [-0.15, -0.1) is 0 Å². The van der Waals surface area contributed by atoms with Crippen molar-refractivity contribution in [3.8, 4) is 17.2 Å². The van der Waals surface area contributed by atoms with Crippen LogP contribution in [-0.4, -0.2) is 43.6 Å². The molecule has 1 unspecified atom stereocenters. The van der Waals surface area contributed by atoms with E-state index in [1.54, 1.807) is 25.1 Å². The van der Waals surface area contributed by atoms with Gasteiger partial charge in [-0.1, -0.05) is 140 Å². The van der Waals surface area contributed by atoms with Crippen LogP contribution in [0.1, 0.15) is 29.8 Å². The number of hydrogen-bond donors (Lipinski definition) is 1. The van der Waals surface area contributed by atoms with E-state index in [0.29, 0.717) is 36.9 Å². The molecule has 0 saturated carbocycles. The van der Waals surface area contributed by atoms with Crippen LogP contribution in [-0.2, 0) is 15.9 Å². The van der Waals surface area contributed by atoms with Crippen LogP contribution >= 0.6 is 17.4 Å². The van der Waals surface area contributed by atoms with Gasteiger partial charge in [-0.05, 0) is 67.5 Å². The predicted molar refractivity (Wildman–Crippen MR) is 223 cm³/mol. The van der Waals surface area contributed by atoms with E-state index in [9.17, 15) is 4.79 Å². The van der Waals surface area contributed by atoms with Crippen molar-refractivity contribution in [1.82, 2.24) is 0 Å². The molecular formula is C45H48O7P2. The number of carbonyl (C=O) groups is 1. The summed E-state index contributed by atoms with van der Waals surface area (Å²) >= 11 is 0. The first-order valence-corrected chi connectivity index (χ1v) is 19.4. The lowest BCUT2D eigenvalue weighted by atomic mass is 10.2. The number of carbonyl (C=O) groups excluding carboxylic acids is 1. The summed E-state index contributed by atoms with van der Waals surface area (Å²) in [5, 5.41) is 12.6. The van der Waals surface area contributed by atoms with Crippen molar-refractivity contribution in [3.05, 3.63) is 181 Å². The molecule has 6 rings (SSSR count). The highest BCUT2D eigenvalue weighted by atomic mass is 31.1. The number of ether oxygens (including phenoxy) is 4. The Bertz CT molecular complexity index is 1800. The van der Waals surface area contributed by atoms with Gasteiger partial charge in [0.25, 0.3) is 0 Å². The van der Waals surface area contributed by atoms with Gasteiger partial charge >= 0.3 is 5.97 Å². The minimum Gasteiger partial charge on any atom is -0.490 e. The van der Waals surface area contributed by atoms with E-state index in [0.717, 1.165) is 11.3 Å². The smallest absolute Gasteiger partial charge is 0.338 e. The Kier molecular flexibility index (Phi) is 18.2. The Balaban J connectivity index is 0.000000222. The van der Waals surface area contributed by atoms with E-state index >= 15 is 0 Å². The SMILES string of the molecule is COC(=O)c1cc(OCc2ccccc2)cc(O[C@@H](C)COc2ccccc2)c1.C[C@@H](O)COP.c1ccc(P(c2ccccc2)c2ccccc2)cc1. The maximum absolute atomic E-state index is 12.0. The van der Waals surface area contributed by atoms with E-state index in [4.69, 9.17) is 24.1 Å². The van der Waals surface area contributed by atoms with Gasteiger partial charge in [0.2, 0.25) is 0 Å². The first-order valence-electron chi connectivity index (χ1n) is 17.6. The number of methoxy groups -OCH3 is 1. The standard InChI is InChI=1S/C24H24O5.C18H15P.C3H9O2P/c1-18(16-27-21-11-7-4-8-12-21)29-23-14-20(24(25)26-2)13-22(15-23)28-17-19-9-5-3-6-10-19;1-4-10-16(11-5-1)19(17-12-6-2-7-13-17)18-14-8-3-9-15-18;1-3(4)2-5-6/h3-15,18H,16-17H2,1-2H3;1-15H;3-4H,2,6H2,1H3/t18-;;3-/m0.1/s1. The molecule has 0 amide bonds. The second-order valence-corrected chi connectivity index (χ2v) is 14.6. The molecule has 0 radical (unpaired) electrons. The van der Waals surface area contributed by atoms with Crippen LogP contribution in [0, 0.1) is 0 Å². The van der Waals surface area contributed by atoms with Crippen molar-refractivity contribution in [1.29, 1.82) is 0 Å². The highest BCUT2D eigenvalue weighted by Crippen LogP contribution is 2.32. The Hall–Kier alpha value is -5.03. The average Bonchev–Trinajstić information content (AvgIpc) is 3.21. The Morgan fingerprint density at radius 2 is 1.07 bits per heavy atom. The number of benzene rings is 6. The fourth-order valence-corrected chi connectivity index (χ4v) is 7.60. The lowest BCUT2D eigenvalue weighted by Crippen LogP contribution is -2.21. The second kappa shape index (κ2) is 23.6. The molecule has 0 heterocycles. The van der Waals surface area contributed by atoms with Gasteiger partial charge in [-0.3, -0.25) is 0 Å². The fraction of sp³-hybridized carbons (Fsp3) is 0.178. The fourth-order valence-electron chi connectivity index (χ4n) is 5.01. The summed E-state index contributed by atoms with van der Waals surface area (Å²) in [4.78, 5) is 12.0. The van der Waals surface area contributed by atoms with Crippen LogP contribution in [0.5, 0.6) is 17.2 Å². The molecule has 0 aromatic heterocycles. The van der Waals surface area contributed by atoms with E-state index in [2.05, 4.69) is 105 Å². The van der Waals surface area contributed by atoms with Crippen molar-refractivity contribution >= 4 is 39.3 Å². The van der Waals surface area contributed by atoms with Crippen molar-refractivity contribution in [3.63, 3.8) is 0 Å². The monoisotopic (exact) mass is 762 g/mol. The second-order valence-electron chi connectivity index (χ2n) is 12.0. The zero-order valence-electron chi connectivity index (χ0n) is 30.9. The largest absolute Gasteiger partial charge is 0.490 e. The predicted octanol–water partition coefficient (Wildman–Crippen LogP) is 8.52. The van der Waals surface area contributed by atoms with Crippen LogP contribution < -0.4 is 30.1 Å². The number of aliphatic hydroxyl groups excluding tert-OH is 1. The van der Waals surface area contributed by atoms with Gasteiger partial charge in [0.1, 0.15) is 36.6 Å². The maximum Gasteiger partial charge on any atom is 0.338 e. The molecule has 6 aromatic rings. The molecule has 0 aliphatic rings. The van der Waals surface area contributed by atoms with Gasteiger partial charge in [0, 0.05) is 15.5 Å². The van der Waals surface area contributed by atoms with Gasteiger partial charge in [-0.25, -0.2) is 4.79 Å². The molecule has 0 aliphatic carbocycles. The van der Waals surface area contributed by atoms with Gasteiger partial charge in [0.15, 0.2) is 0 Å². The molecule has 1 N–H and O–H groups in total. The topological polar surface area (TPSA) is 83.5 Å². The molecule has 0 bridgehead atoms. The third kappa shape index (κ3) is 14.8. The molecule has 0 saturated heterocycles. The molecule has 280 valence electrons. The van der Waals surface area contributed by atoms with E-state index in [1.807, 2.05) is 67.6 Å². The Labute approximate surface area is 322 Å².